The van der Waals surface area contributed by atoms with Crippen molar-refractivity contribution in [1.29, 1.82) is 0 Å². The molecule has 2 heterocycles. The fraction of sp³-hybridized carbons (Fsp3) is 1.00. The number of nitrogens with one attached hydrogen (secondary N) is 1. The van der Waals surface area contributed by atoms with Crippen LogP contribution in [0.15, 0.2) is 0 Å². The van der Waals surface area contributed by atoms with E-state index >= 15 is 0 Å². The van der Waals surface area contributed by atoms with Crippen molar-refractivity contribution in [1.82, 2.24) is 10.2 Å². The number of halogens is 1. The zero-order chi connectivity index (χ0) is 13.8. The van der Waals surface area contributed by atoms with Crippen molar-refractivity contribution >= 4 is 0 Å². The molecule has 0 radical (unpaired) electrons. The summed E-state index contributed by atoms with van der Waals surface area (Å²) in [6.07, 6.45) is 4.79. The van der Waals surface area contributed by atoms with Crippen LogP contribution in [0, 0.1) is 5.92 Å². The lowest BCUT2D eigenvalue weighted by atomic mass is 9.95. The number of rotatable bonds is 2. The molecule has 2 aliphatic heterocycles. The van der Waals surface area contributed by atoms with Crippen LogP contribution >= 0.6 is 0 Å². The third-order valence-electron chi connectivity index (χ3n) is 3.59. The van der Waals surface area contributed by atoms with Gasteiger partial charge in [-0.05, 0) is 45.3 Å². The molecular formula is C15H33FN2. The van der Waals surface area contributed by atoms with Crippen molar-refractivity contribution in [2.45, 2.75) is 59.4 Å². The largest absolute Gasteiger partial charge is 0.317 e. The van der Waals surface area contributed by atoms with E-state index in [1.54, 1.807) is 0 Å². The second kappa shape index (κ2) is 11.9. The van der Waals surface area contributed by atoms with E-state index < -0.39 is 0 Å². The average Bonchev–Trinajstić information content (AvgIpc) is 2.52. The fourth-order valence-electron chi connectivity index (χ4n) is 2.73. The van der Waals surface area contributed by atoms with Gasteiger partial charge in [0.05, 0.1) is 6.67 Å². The third kappa shape index (κ3) is 6.14. The minimum absolute atomic E-state index is 0.124. The van der Waals surface area contributed by atoms with Gasteiger partial charge >= 0.3 is 0 Å². The molecular weight excluding hydrogens is 227 g/mol. The minimum Gasteiger partial charge on any atom is -0.317 e. The standard InChI is InChI=1S/C11H21FN2.2C2H6/c12-8-10-2-1-7-14(9-10)11-3-5-13-6-4-11;2*1-2/h10-11,13H,1-9H2;2*1-2H3. The molecule has 0 bridgehead atoms. The van der Waals surface area contributed by atoms with Crippen LogP contribution in [0.5, 0.6) is 0 Å². The van der Waals surface area contributed by atoms with Crippen LogP contribution in [0.25, 0.3) is 0 Å². The summed E-state index contributed by atoms with van der Waals surface area (Å²) in [5, 5.41) is 3.38. The maximum Gasteiger partial charge on any atom is 0.0934 e. The summed E-state index contributed by atoms with van der Waals surface area (Å²) in [5.41, 5.74) is 0. The molecule has 2 rings (SSSR count). The highest BCUT2D eigenvalue weighted by molar-refractivity contribution is 4.82. The second-order valence-corrected chi connectivity index (χ2v) is 4.64. The van der Waals surface area contributed by atoms with Crippen LogP contribution in [0.2, 0.25) is 0 Å². The average molecular weight is 260 g/mol. The van der Waals surface area contributed by atoms with E-state index in [-0.39, 0.29) is 6.67 Å². The first-order valence-corrected chi connectivity index (χ1v) is 7.91. The van der Waals surface area contributed by atoms with E-state index in [4.69, 9.17) is 0 Å². The van der Waals surface area contributed by atoms with Crippen LogP contribution in [-0.4, -0.2) is 43.8 Å². The number of hydrogen-bond donors (Lipinski definition) is 1. The first-order valence-electron chi connectivity index (χ1n) is 7.91. The van der Waals surface area contributed by atoms with E-state index in [0.717, 1.165) is 32.1 Å². The number of nitrogens with zero attached hydrogens (tertiary/aromatic N) is 1. The Kier molecular flexibility index (Phi) is 11.8. The molecule has 1 atom stereocenters. The Bertz CT molecular complexity index is 170. The van der Waals surface area contributed by atoms with E-state index in [9.17, 15) is 4.39 Å². The molecule has 18 heavy (non-hydrogen) atoms. The predicted molar refractivity (Wildman–Crippen MR) is 78.9 cm³/mol. The Morgan fingerprint density at radius 3 is 2.22 bits per heavy atom. The normalized spacial score (nSPS) is 25.5. The highest BCUT2D eigenvalue weighted by Gasteiger charge is 2.26. The molecule has 2 aliphatic rings. The zero-order valence-corrected chi connectivity index (χ0v) is 12.8. The summed E-state index contributed by atoms with van der Waals surface area (Å²) >= 11 is 0. The Hall–Kier alpha value is -0.150. The summed E-state index contributed by atoms with van der Waals surface area (Å²) in [4.78, 5) is 2.52. The lowest BCUT2D eigenvalue weighted by Gasteiger charge is -2.39. The van der Waals surface area contributed by atoms with Crippen LogP contribution in [-0.2, 0) is 0 Å². The highest BCUT2D eigenvalue weighted by atomic mass is 19.1. The molecule has 0 spiro atoms. The van der Waals surface area contributed by atoms with Gasteiger partial charge in [0.1, 0.15) is 0 Å². The first-order chi connectivity index (χ1) is 8.90. The van der Waals surface area contributed by atoms with Gasteiger partial charge in [0.15, 0.2) is 0 Å². The van der Waals surface area contributed by atoms with E-state index in [1.165, 1.54) is 25.8 Å². The van der Waals surface area contributed by atoms with Crippen LogP contribution in [0.4, 0.5) is 4.39 Å². The number of alkyl halides is 1. The van der Waals surface area contributed by atoms with Gasteiger partial charge in [0.25, 0.3) is 0 Å². The number of hydrogen-bond acceptors (Lipinski definition) is 2. The molecule has 2 fully saturated rings. The van der Waals surface area contributed by atoms with Crippen LogP contribution in [0.1, 0.15) is 53.4 Å². The molecule has 0 saturated carbocycles. The molecule has 2 nitrogen and oxygen atoms in total. The smallest absolute Gasteiger partial charge is 0.0934 e. The lowest BCUT2D eigenvalue weighted by Crippen LogP contribution is -2.47. The number of piperidine rings is 2. The Morgan fingerprint density at radius 1 is 1.06 bits per heavy atom. The van der Waals surface area contributed by atoms with Crippen molar-refractivity contribution in [3.8, 4) is 0 Å². The SMILES string of the molecule is CC.CC.FCC1CCCN(C2CCNCC2)C1. The Labute approximate surface area is 113 Å². The molecule has 0 aromatic heterocycles. The van der Waals surface area contributed by atoms with E-state index in [0.29, 0.717) is 5.92 Å². The van der Waals surface area contributed by atoms with Crippen molar-refractivity contribution in [3.05, 3.63) is 0 Å². The van der Waals surface area contributed by atoms with Gasteiger partial charge in [-0.2, -0.15) is 0 Å². The quantitative estimate of drug-likeness (QED) is 0.818. The van der Waals surface area contributed by atoms with E-state index in [1.807, 2.05) is 27.7 Å². The van der Waals surface area contributed by atoms with Crippen LogP contribution < -0.4 is 5.32 Å². The highest BCUT2D eigenvalue weighted by Crippen LogP contribution is 2.22. The fourth-order valence-corrected chi connectivity index (χ4v) is 2.73. The van der Waals surface area contributed by atoms with Crippen molar-refractivity contribution in [2.24, 2.45) is 5.92 Å². The molecule has 0 aliphatic carbocycles. The zero-order valence-electron chi connectivity index (χ0n) is 12.8. The second-order valence-electron chi connectivity index (χ2n) is 4.64. The molecule has 0 aromatic rings. The maximum absolute atomic E-state index is 12.6. The van der Waals surface area contributed by atoms with E-state index in [2.05, 4.69) is 10.2 Å². The summed E-state index contributed by atoms with van der Waals surface area (Å²) in [6.45, 7) is 12.4. The summed E-state index contributed by atoms with van der Waals surface area (Å²) in [6, 6.07) is 0.727. The van der Waals surface area contributed by atoms with Gasteiger partial charge < -0.3 is 5.32 Å². The van der Waals surface area contributed by atoms with Gasteiger partial charge in [-0.15, -0.1) is 0 Å². The first kappa shape index (κ1) is 17.8. The topological polar surface area (TPSA) is 15.3 Å². The molecule has 1 N–H and O–H groups in total. The lowest BCUT2D eigenvalue weighted by molar-refractivity contribution is 0.0923. The van der Waals surface area contributed by atoms with Gasteiger partial charge in [0, 0.05) is 18.5 Å². The predicted octanol–water partition coefficient (Wildman–Crippen LogP) is 3.47. The van der Waals surface area contributed by atoms with Crippen molar-refractivity contribution in [2.75, 3.05) is 32.9 Å². The van der Waals surface area contributed by atoms with Crippen molar-refractivity contribution < 1.29 is 4.39 Å². The number of likely N-dealkylation sites (tertiary alicyclic amines) is 1. The summed E-state index contributed by atoms with van der Waals surface area (Å²) in [7, 11) is 0. The molecule has 110 valence electrons. The van der Waals surface area contributed by atoms with Crippen LogP contribution in [0.3, 0.4) is 0 Å². The Balaban J connectivity index is 0.000000659. The third-order valence-corrected chi connectivity index (χ3v) is 3.59. The molecule has 0 amide bonds. The summed E-state index contributed by atoms with van der Waals surface area (Å²) in [5.74, 6) is 0.318. The molecule has 1 unspecified atom stereocenters. The molecule has 0 aromatic carbocycles. The molecule has 3 heteroatoms. The minimum atomic E-state index is -0.124. The summed E-state index contributed by atoms with van der Waals surface area (Å²) < 4.78 is 12.6. The van der Waals surface area contributed by atoms with Gasteiger partial charge in [-0.1, -0.05) is 27.7 Å². The van der Waals surface area contributed by atoms with Gasteiger partial charge in [-0.3, -0.25) is 9.29 Å². The monoisotopic (exact) mass is 260 g/mol. The maximum atomic E-state index is 12.6. The van der Waals surface area contributed by atoms with Gasteiger partial charge in [0.2, 0.25) is 0 Å². The Morgan fingerprint density at radius 2 is 1.67 bits per heavy atom. The van der Waals surface area contributed by atoms with Gasteiger partial charge in [-0.25, -0.2) is 0 Å². The van der Waals surface area contributed by atoms with Crippen molar-refractivity contribution in [3.63, 3.8) is 0 Å². The molecule has 2 saturated heterocycles.